The maximum atomic E-state index is 12.0. The van der Waals surface area contributed by atoms with E-state index in [2.05, 4.69) is 11.5 Å². The molecule has 0 aromatic carbocycles. The molecule has 0 bridgehead atoms. The summed E-state index contributed by atoms with van der Waals surface area (Å²) in [6.45, 7) is 10.8. The van der Waals surface area contributed by atoms with E-state index in [9.17, 15) is 9.90 Å². The van der Waals surface area contributed by atoms with Gasteiger partial charge < -0.3 is 15.7 Å². The molecule has 0 aromatic heterocycles. The van der Waals surface area contributed by atoms with Crippen molar-refractivity contribution in [1.82, 2.24) is 9.80 Å². The molecule has 5 heteroatoms. The van der Waals surface area contributed by atoms with Gasteiger partial charge in [-0.05, 0) is 20.3 Å². The Hall–Kier alpha value is -0.910. The first kappa shape index (κ1) is 15.1. The van der Waals surface area contributed by atoms with E-state index in [-0.39, 0.29) is 5.91 Å². The SMILES string of the molecule is C=CCC(N)C(=O)N1CCN(CC(C)(C)O)CC1. The first-order valence-electron chi connectivity index (χ1n) is 6.43. The highest BCUT2D eigenvalue weighted by Gasteiger charge is 2.26. The normalized spacial score (nSPS) is 19.7. The lowest BCUT2D eigenvalue weighted by Crippen LogP contribution is -2.55. The molecule has 1 amide bonds. The van der Waals surface area contributed by atoms with Crippen LogP contribution in [-0.2, 0) is 4.79 Å². The minimum Gasteiger partial charge on any atom is -0.389 e. The number of rotatable bonds is 5. The Labute approximate surface area is 109 Å². The fourth-order valence-electron chi connectivity index (χ4n) is 2.19. The summed E-state index contributed by atoms with van der Waals surface area (Å²) in [5.41, 5.74) is 5.09. The molecule has 1 aliphatic rings. The third-order valence-electron chi connectivity index (χ3n) is 3.03. The monoisotopic (exact) mass is 255 g/mol. The molecular formula is C13H25N3O2. The number of piperazine rings is 1. The molecule has 1 saturated heterocycles. The van der Waals surface area contributed by atoms with Crippen LogP contribution in [-0.4, -0.2) is 65.2 Å². The summed E-state index contributed by atoms with van der Waals surface area (Å²) in [6.07, 6.45) is 2.19. The standard InChI is InChI=1S/C13H25N3O2/c1-4-5-11(14)12(17)16-8-6-15(7-9-16)10-13(2,3)18/h4,11,18H,1,5-10,14H2,2-3H3. The highest BCUT2D eigenvalue weighted by atomic mass is 16.3. The van der Waals surface area contributed by atoms with Crippen molar-refractivity contribution < 1.29 is 9.90 Å². The van der Waals surface area contributed by atoms with Crippen LogP contribution >= 0.6 is 0 Å². The number of aliphatic hydroxyl groups is 1. The van der Waals surface area contributed by atoms with Gasteiger partial charge in [-0.3, -0.25) is 9.69 Å². The molecule has 0 aromatic rings. The lowest BCUT2D eigenvalue weighted by atomic mass is 10.1. The minimum atomic E-state index is -0.689. The predicted octanol–water partition coefficient (Wildman–Crippen LogP) is -0.195. The van der Waals surface area contributed by atoms with E-state index in [0.717, 1.165) is 13.1 Å². The van der Waals surface area contributed by atoms with Crippen molar-refractivity contribution in [2.75, 3.05) is 32.7 Å². The molecule has 18 heavy (non-hydrogen) atoms. The highest BCUT2D eigenvalue weighted by molar-refractivity contribution is 5.81. The van der Waals surface area contributed by atoms with Crippen LogP contribution in [0.3, 0.4) is 0 Å². The van der Waals surface area contributed by atoms with Gasteiger partial charge in [0.05, 0.1) is 11.6 Å². The van der Waals surface area contributed by atoms with E-state index in [1.54, 1.807) is 24.8 Å². The number of carbonyl (C=O) groups is 1. The van der Waals surface area contributed by atoms with Crippen LogP contribution < -0.4 is 5.73 Å². The van der Waals surface area contributed by atoms with Crippen molar-refractivity contribution in [3.8, 4) is 0 Å². The Morgan fingerprint density at radius 2 is 2.00 bits per heavy atom. The van der Waals surface area contributed by atoms with E-state index in [0.29, 0.717) is 26.1 Å². The first-order chi connectivity index (χ1) is 8.33. The third-order valence-corrected chi connectivity index (χ3v) is 3.03. The predicted molar refractivity (Wildman–Crippen MR) is 72.1 cm³/mol. The van der Waals surface area contributed by atoms with Crippen molar-refractivity contribution in [2.24, 2.45) is 5.73 Å². The van der Waals surface area contributed by atoms with Gasteiger partial charge in [-0.1, -0.05) is 6.08 Å². The minimum absolute atomic E-state index is 0.00203. The number of β-amino-alcohol motifs (C(OH)–C–C–N with tert-alkyl or cyclic N) is 1. The summed E-state index contributed by atoms with van der Waals surface area (Å²) in [7, 11) is 0. The maximum Gasteiger partial charge on any atom is 0.239 e. The summed E-state index contributed by atoms with van der Waals surface area (Å²) in [5, 5.41) is 9.75. The van der Waals surface area contributed by atoms with Crippen molar-refractivity contribution in [3.63, 3.8) is 0 Å². The zero-order chi connectivity index (χ0) is 13.8. The molecule has 1 unspecified atom stereocenters. The molecular weight excluding hydrogens is 230 g/mol. The zero-order valence-electron chi connectivity index (χ0n) is 11.4. The van der Waals surface area contributed by atoms with Crippen molar-refractivity contribution >= 4 is 5.91 Å². The number of nitrogens with zero attached hydrogens (tertiary/aromatic N) is 2. The van der Waals surface area contributed by atoms with Gasteiger partial charge >= 0.3 is 0 Å². The molecule has 1 heterocycles. The number of carbonyl (C=O) groups excluding carboxylic acids is 1. The second-order valence-electron chi connectivity index (χ2n) is 5.54. The van der Waals surface area contributed by atoms with Crippen molar-refractivity contribution in [2.45, 2.75) is 31.9 Å². The molecule has 1 atom stereocenters. The highest BCUT2D eigenvalue weighted by Crippen LogP contribution is 2.09. The molecule has 3 N–H and O–H groups in total. The van der Waals surface area contributed by atoms with Crippen LogP contribution in [0.25, 0.3) is 0 Å². The average molecular weight is 255 g/mol. The van der Waals surface area contributed by atoms with Gasteiger partial charge in [-0.2, -0.15) is 0 Å². The Morgan fingerprint density at radius 3 is 2.44 bits per heavy atom. The van der Waals surface area contributed by atoms with Gasteiger partial charge in [-0.15, -0.1) is 6.58 Å². The molecule has 1 aliphatic heterocycles. The van der Waals surface area contributed by atoms with Crippen LogP contribution in [0.2, 0.25) is 0 Å². The summed E-state index contributed by atoms with van der Waals surface area (Å²) in [5.74, 6) is -0.00203. The second-order valence-corrected chi connectivity index (χ2v) is 5.54. The summed E-state index contributed by atoms with van der Waals surface area (Å²) >= 11 is 0. The quantitative estimate of drug-likeness (QED) is 0.668. The first-order valence-corrected chi connectivity index (χ1v) is 6.43. The largest absolute Gasteiger partial charge is 0.389 e. The molecule has 0 radical (unpaired) electrons. The summed E-state index contributed by atoms with van der Waals surface area (Å²) < 4.78 is 0. The third kappa shape index (κ3) is 4.76. The molecule has 104 valence electrons. The summed E-state index contributed by atoms with van der Waals surface area (Å²) in [6, 6.07) is -0.469. The molecule has 1 rings (SSSR count). The lowest BCUT2D eigenvalue weighted by Gasteiger charge is -2.38. The molecule has 0 saturated carbocycles. The van der Waals surface area contributed by atoms with Crippen LogP contribution in [0.5, 0.6) is 0 Å². The van der Waals surface area contributed by atoms with Crippen LogP contribution in [0.4, 0.5) is 0 Å². The molecule has 5 nitrogen and oxygen atoms in total. The van der Waals surface area contributed by atoms with Gasteiger partial charge in [0.2, 0.25) is 5.91 Å². The van der Waals surface area contributed by atoms with Gasteiger partial charge in [-0.25, -0.2) is 0 Å². The molecule has 0 aliphatic carbocycles. The van der Waals surface area contributed by atoms with Crippen LogP contribution in [0.1, 0.15) is 20.3 Å². The number of nitrogens with two attached hydrogens (primary N) is 1. The van der Waals surface area contributed by atoms with Crippen molar-refractivity contribution in [3.05, 3.63) is 12.7 Å². The van der Waals surface area contributed by atoms with Gasteiger partial charge in [0.15, 0.2) is 0 Å². The Balaban J connectivity index is 2.39. The number of amides is 1. The van der Waals surface area contributed by atoms with E-state index in [1.807, 2.05) is 0 Å². The maximum absolute atomic E-state index is 12.0. The van der Waals surface area contributed by atoms with E-state index in [4.69, 9.17) is 5.73 Å². The van der Waals surface area contributed by atoms with E-state index in [1.165, 1.54) is 0 Å². The molecule has 1 fully saturated rings. The van der Waals surface area contributed by atoms with E-state index < -0.39 is 11.6 Å². The second kappa shape index (κ2) is 6.31. The topological polar surface area (TPSA) is 69.8 Å². The zero-order valence-corrected chi connectivity index (χ0v) is 11.4. The number of hydrogen-bond donors (Lipinski definition) is 2. The number of hydrogen-bond acceptors (Lipinski definition) is 4. The smallest absolute Gasteiger partial charge is 0.239 e. The van der Waals surface area contributed by atoms with Crippen molar-refractivity contribution in [1.29, 1.82) is 0 Å². The average Bonchev–Trinajstić information content (AvgIpc) is 2.27. The van der Waals surface area contributed by atoms with E-state index >= 15 is 0 Å². The Kier molecular flexibility index (Phi) is 5.31. The van der Waals surface area contributed by atoms with Gasteiger partial charge in [0.1, 0.15) is 0 Å². The van der Waals surface area contributed by atoms with Gasteiger partial charge in [0.25, 0.3) is 0 Å². The lowest BCUT2D eigenvalue weighted by molar-refractivity contribution is -0.134. The fraction of sp³-hybridized carbons (Fsp3) is 0.769. The van der Waals surface area contributed by atoms with Crippen LogP contribution in [0, 0.1) is 0 Å². The fourth-order valence-corrected chi connectivity index (χ4v) is 2.19. The molecule has 0 spiro atoms. The van der Waals surface area contributed by atoms with Gasteiger partial charge in [0, 0.05) is 32.7 Å². The Morgan fingerprint density at radius 1 is 1.44 bits per heavy atom. The summed E-state index contributed by atoms with van der Waals surface area (Å²) in [4.78, 5) is 15.9. The Bertz CT molecular complexity index is 291. The van der Waals surface area contributed by atoms with Crippen LogP contribution in [0.15, 0.2) is 12.7 Å².